The van der Waals surface area contributed by atoms with Gasteiger partial charge in [0.25, 0.3) is 0 Å². The van der Waals surface area contributed by atoms with Gasteiger partial charge in [-0.1, -0.05) is 6.92 Å². The van der Waals surface area contributed by atoms with E-state index in [-0.39, 0.29) is 0 Å². The summed E-state index contributed by atoms with van der Waals surface area (Å²) in [4.78, 5) is 0. The smallest absolute Gasteiger partial charge is 0.00225 e. The van der Waals surface area contributed by atoms with E-state index in [0.29, 0.717) is 11.5 Å². The Morgan fingerprint density at radius 3 is 2.64 bits per heavy atom. The third kappa shape index (κ3) is 3.73. The molecule has 0 aromatic heterocycles. The highest BCUT2D eigenvalue weighted by Crippen LogP contribution is 2.43. The molecule has 1 saturated carbocycles. The van der Waals surface area contributed by atoms with Crippen molar-refractivity contribution in [1.29, 1.82) is 0 Å². The van der Waals surface area contributed by atoms with Crippen molar-refractivity contribution in [3.63, 3.8) is 0 Å². The van der Waals surface area contributed by atoms with Crippen LogP contribution in [0.2, 0.25) is 0 Å². The highest BCUT2D eigenvalue weighted by Gasteiger charge is 2.36. The molecule has 1 rings (SSSR count). The van der Waals surface area contributed by atoms with Crippen LogP contribution in [0, 0.1) is 5.41 Å². The molecule has 3 N–H and O–H groups in total. The van der Waals surface area contributed by atoms with E-state index < -0.39 is 0 Å². The topological polar surface area (TPSA) is 38.0 Å². The zero-order valence-electron chi connectivity index (χ0n) is 7.69. The Balaban J connectivity index is 1.88. The summed E-state index contributed by atoms with van der Waals surface area (Å²) in [5.74, 6) is 0. The fourth-order valence-electron chi connectivity index (χ4n) is 1.11. The van der Waals surface area contributed by atoms with Gasteiger partial charge < -0.3 is 11.1 Å². The first-order valence-electron chi connectivity index (χ1n) is 4.59. The zero-order valence-corrected chi connectivity index (χ0v) is 7.69. The highest BCUT2D eigenvalue weighted by molar-refractivity contribution is 4.90. The van der Waals surface area contributed by atoms with Crippen LogP contribution in [-0.2, 0) is 0 Å². The molecule has 1 atom stereocenters. The van der Waals surface area contributed by atoms with E-state index in [2.05, 4.69) is 19.2 Å². The van der Waals surface area contributed by atoms with E-state index in [0.717, 1.165) is 13.0 Å². The van der Waals surface area contributed by atoms with Gasteiger partial charge in [0.2, 0.25) is 0 Å². The largest absolute Gasteiger partial charge is 0.328 e. The van der Waals surface area contributed by atoms with Gasteiger partial charge in [-0.25, -0.2) is 0 Å². The molecule has 0 saturated heterocycles. The molecule has 2 heteroatoms. The Kier molecular flexibility index (Phi) is 2.90. The summed E-state index contributed by atoms with van der Waals surface area (Å²) in [7, 11) is 0. The van der Waals surface area contributed by atoms with Crippen molar-refractivity contribution < 1.29 is 0 Å². The molecule has 0 aromatic carbocycles. The first-order chi connectivity index (χ1) is 5.12. The lowest BCUT2D eigenvalue weighted by Crippen LogP contribution is -2.27. The molecule has 66 valence electrons. The monoisotopic (exact) mass is 156 g/mol. The number of rotatable bonds is 5. The summed E-state index contributed by atoms with van der Waals surface area (Å²) >= 11 is 0. The third-order valence-electron chi connectivity index (χ3n) is 2.43. The summed E-state index contributed by atoms with van der Waals surface area (Å²) in [6, 6.07) is 0.342. The molecule has 0 heterocycles. The van der Waals surface area contributed by atoms with Crippen molar-refractivity contribution in [2.75, 3.05) is 13.1 Å². The first-order valence-corrected chi connectivity index (χ1v) is 4.59. The van der Waals surface area contributed by atoms with Gasteiger partial charge in [-0.15, -0.1) is 0 Å². The number of hydrogen-bond donors (Lipinski definition) is 2. The SMILES string of the molecule is CC(N)CCNCC1(C)CC1. The van der Waals surface area contributed by atoms with Gasteiger partial charge in [0, 0.05) is 12.6 Å². The Bertz CT molecular complexity index is 117. The molecule has 0 aromatic rings. The Morgan fingerprint density at radius 1 is 1.55 bits per heavy atom. The first kappa shape index (κ1) is 9.01. The predicted molar refractivity (Wildman–Crippen MR) is 48.5 cm³/mol. The maximum atomic E-state index is 5.62. The molecule has 1 fully saturated rings. The van der Waals surface area contributed by atoms with Crippen LogP contribution < -0.4 is 11.1 Å². The van der Waals surface area contributed by atoms with E-state index in [1.54, 1.807) is 0 Å². The highest BCUT2D eigenvalue weighted by atomic mass is 14.9. The van der Waals surface area contributed by atoms with Crippen molar-refractivity contribution in [3.8, 4) is 0 Å². The molecule has 2 nitrogen and oxygen atoms in total. The number of hydrogen-bond acceptors (Lipinski definition) is 2. The van der Waals surface area contributed by atoms with Gasteiger partial charge in [-0.3, -0.25) is 0 Å². The maximum absolute atomic E-state index is 5.62. The van der Waals surface area contributed by atoms with E-state index >= 15 is 0 Å². The van der Waals surface area contributed by atoms with E-state index in [4.69, 9.17) is 5.73 Å². The molecule has 11 heavy (non-hydrogen) atoms. The van der Waals surface area contributed by atoms with Gasteiger partial charge in [0.1, 0.15) is 0 Å². The summed E-state index contributed by atoms with van der Waals surface area (Å²) in [5.41, 5.74) is 6.25. The second kappa shape index (κ2) is 3.55. The average Bonchev–Trinajstić information content (AvgIpc) is 2.62. The molecule has 0 radical (unpaired) electrons. The van der Waals surface area contributed by atoms with Crippen molar-refractivity contribution in [1.82, 2.24) is 5.32 Å². The Morgan fingerprint density at radius 2 is 2.18 bits per heavy atom. The predicted octanol–water partition coefficient (Wildman–Crippen LogP) is 1.11. The minimum Gasteiger partial charge on any atom is -0.328 e. The quantitative estimate of drug-likeness (QED) is 0.585. The van der Waals surface area contributed by atoms with Crippen molar-refractivity contribution in [2.45, 2.75) is 39.2 Å². The van der Waals surface area contributed by atoms with E-state index in [1.807, 2.05) is 0 Å². The summed E-state index contributed by atoms with van der Waals surface area (Å²) in [6.07, 6.45) is 3.90. The minimum atomic E-state index is 0.342. The lowest BCUT2D eigenvalue weighted by Gasteiger charge is -2.10. The summed E-state index contributed by atoms with van der Waals surface area (Å²) in [6.45, 7) is 6.65. The molecule has 1 unspecified atom stereocenters. The lowest BCUT2D eigenvalue weighted by atomic mass is 10.1. The molecule has 1 aliphatic carbocycles. The fourth-order valence-corrected chi connectivity index (χ4v) is 1.11. The second-order valence-corrected chi connectivity index (χ2v) is 4.25. The van der Waals surface area contributed by atoms with Crippen LogP contribution in [0.4, 0.5) is 0 Å². The maximum Gasteiger partial charge on any atom is 0.00225 e. The van der Waals surface area contributed by atoms with Gasteiger partial charge in [0.15, 0.2) is 0 Å². The molecule has 0 bridgehead atoms. The molecule has 1 aliphatic rings. The third-order valence-corrected chi connectivity index (χ3v) is 2.43. The van der Waals surface area contributed by atoms with Crippen LogP contribution in [-0.4, -0.2) is 19.1 Å². The number of nitrogens with one attached hydrogen (secondary N) is 1. The lowest BCUT2D eigenvalue weighted by molar-refractivity contribution is 0.483. The molecule has 0 amide bonds. The summed E-state index contributed by atoms with van der Waals surface area (Å²) in [5, 5.41) is 3.44. The van der Waals surface area contributed by atoms with Gasteiger partial charge in [-0.05, 0) is 38.1 Å². The standard InChI is InChI=1S/C9H20N2/c1-8(10)3-6-11-7-9(2)4-5-9/h8,11H,3-7,10H2,1-2H3. The molecular formula is C9H20N2. The van der Waals surface area contributed by atoms with Gasteiger partial charge in [0.05, 0.1) is 0 Å². The average molecular weight is 156 g/mol. The van der Waals surface area contributed by atoms with Crippen LogP contribution in [0.15, 0.2) is 0 Å². The van der Waals surface area contributed by atoms with Gasteiger partial charge >= 0.3 is 0 Å². The van der Waals surface area contributed by atoms with Crippen LogP contribution in [0.25, 0.3) is 0 Å². The zero-order chi connectivity index (χ0) is 8.32. The molecule has 0 spiro atoms. The van der Waals surface area contributed by atoms with Crippen molar-refractivity contribution >= 4 is 0 Å². The second-order valence-electron chi connectivity index (χ2n) is 4.25. The normalized spacial score (nSPS) is 23.2. The van der Waals surface area contributed by atoms with Crippen LogP contribution >= 0.6 is 0 Å². The Labute approximate surface area is 69.5 Å². The minimum absolute atomic E-state index is 0.342. The van der Waals surface area contributed by atoms with E-state index in [9.17, 15) is 0 Å². The molecular weight excluding hydrogens is 136 g/mol. The van der Waals surface area contributed by atoms with Crippen molar-refractivity contribution in [2.24, 2.45) is 11.1 Å². The summed E-state index contributed by atoms with van der Waals surface area (Å²) < 4.78 is 0. The van der Waals surface area contributed by atoms with Crippen LogP contribution in [0.3, 0.4) is 0 Å². The molecule has 0 aliphatic heterocycles. The Hall–Kier alpha value is -0.0800. The van der Waals surface area contributed by atoms with E-state index in [1.165, 1.54) is 19.4 Å². The van der Waals surface area contributed by atoms with Crippen molar-refractivity contribution in [3.05, 3.63) is 0 Å². The van der Waals surface area contributed by atoms with Gasteiger partial charge in [-0.2, -0.15) is 0 Å². The fraction of sp³-hybridized carbons (Fsp3) is 1.00. The van der Waals surface area contributed by atoms with Crippen LogP contribution in [0.5, 0.6) is 0 Å². The number of nitrogens with two attached hydrogens (primary N) is 1. The van der Waals surface area contributed by atoms with Crippen LogP contribution in [0.1, 0.15) is 33.1 Å².